The summed E-state index contributed by atoms with van der Waals surface area (Å²) in [5.74, 6) is -0.335. The Morgan fingerprint density at radius 2 is 2.22 bits per heavy atom. The fourth-order valence-electron chi connectivity index (χ4n) is 1.27. The van der Waals surface area contributed by atoms with E-state index in [1.807, 2.05) is 0 Å². The molecule has 0 aliphatic heterocycles. The van der Waals surface area contributed by atoms with Gasteiger partial charge in [-0.1, -0.05) is 0 Å². The maximum atomic E-state index is 12.1. The molecule has 1 aromatic rings. The van der Waals surface area contributed by atoms with Crippen molar-refractivity contribution in [3.05, 3.63) is 15.9 Å². The van der Waals surface area contributed by atoms with Gasteiger partial charge in [0, 0.05) is 24.5 Å². The zero-order valence-electron chi connectivity index (χ0n) is 10.1. The summed E-state index contributed by atoms with van der Waals surface area (Å²) in [7, 11) is -0.668. The Morgan fingerprint density at radius 1 is 1.56 bits per heavy atom. The number of sulfonamides is 1. The first-order valence-corrected chi connectivity index (χ1v) is 8.27. The van der Waals surface area contributed by atoms with Crippen LogP contribution < -0.4 is 0 Å². The number of thiophene rings is 1. The minimum absolute atomic E-state index is 0.210. The van der Waals surface area contributed by atoms with Crippen LogP contribution in [0, 0.1) is 0 Å². The molecule has 0 atom stereocenters. The molecule has 0 aromatic carbocycles. The van der Waals surface area contributed by atoms with Gasteiger partial charge in [-0.05, 0) is 33.8 Å². The molecule has 0 radical (unpaired) electrons. The van der Waals surface area contributed by atoms with Gasteiger partial charge in [-0.25, -0.2) is 12.7 Å². The van der Waals surface area contributed by atoms with Crippen molar-refractivity contribution in [3.63, 3.8) is 0 Å². The lowest BCUT2D eigenvalue weighted by molar-refractivity contribution is -0.140. The van der Waals surface area contributed by atoms with Gasteiger partial charge in [0.2, 0.25) is 0 Å². The highest BCUT2D eigenvalue weighted by molar-refractivity contribution is 9.10. The number of hydrogen-bond donors (Lipinski definition) is 0. The van der Waals surface area contributed by atoms with Crippen molar-refractivity contribution in [1.29, 1.82) is 0 Å². The van der Waals surface area contributed by atoms with E-state index in [0.717, 1.165) is 11.3 Å². The number of rotatable bonds is 6. The van der Waals surface area contributed by atoms with E-state index in [1.165, 1.54) is 18.5 Å². The van der Waals surface area contributed by atoms with E-state index in [4.69, 9.17) is 0 Å². The highest BCUT2D eigenvalue weighted by atomic mass is 79.9. The van der Waals surface area contributed by atoms with E-state index in [-0.39, 0.29) is 23.1 Å². The summed E-state index contributed by atoms with van der Waals surface area (Å²) in [5, 5.41) is 1.71. The summed E-state index contributed by atoms with van der Waals surface area (Å²) in [6.07, 6.45) is 0.646. The molecule has 0 saturated carbocycles. The van der Waals surface area contributed by atoms with Gasteiger partial charge in [-0.15, -0.1) is 11.3 Å². The molecule has 0 amide bonds. The zero-order chi connectivity index (χ0) is 13.8. The lowest BCUT2D eigenvalue weighted by Crippen LogP contribution is -2.28. The van der Waals surface area contributed by atoms with Crippen molar-refractivity contribution in [2.45, 2.75) is 17.1 Å². The first-order valence-electron chi connectivity index (χ1n) is 5.15. The van der Waals surface area contributed by atoms with Crippen LogP contribution in [-0.4, -0.2) is 39.4 Å². The minimum atomic E-state index is -3.48. The summed E-state index contributed by atoms with van der Waals surface area (Å²) >= 11 is 4.36. The number of carbonyl (C=O) groups is 1. The molecule has 8 heteroatoms. The van der Waals surface area contributed by atoms with Crippen LogP contribution in [0.2, 0.25) is 0 Å². The van der Waals surface area contributed by atoms with Crippen molar-refractivity contribution < 1.29 is 17.9 Å². The van der Waals surface area contributed by atoms with E-state index in [2.05, 4.69) is 20.7 Å². The second-order valence-corrected chi connectivity index (χ2v) is 7.57. The molecule has 102 valence electrons. The number of carbonyl (C=O) groups excluding carboxylic acids is 1. The average molecular weight is 356 g/mol. The largest absolute Gasteiger partial charge is 0.469 e. The monoisotopic (exact) mass is 355 g/mol. The lowest BCUT2D eigenvalue weighted by atomic mass is 10.3. The van der Waals surface area contributed by atoms with Crippen LogP contribution in [-0.2, 0) is 19.6 Å². The summed E-state index contributed by atoms with van der Waals surface area (Å²) < 4.78 is 30.9. The average Bonchev–Trinajstić information content (AvgIpc) is 2.75. The van der Waals surface area contributed by atoms with Crippen molar-refractivity contribution in [2.24, 2.45) is 0 Å². The van der Waals surface area contributed by atoms with Crippen LogP contribution in [0.3, 0.4) is 0 Å². The highest BCUT2D eigenvalue weighted by Crippen LogP contribution is 2.29. The van der Waals surface area contributed by atoms with Gasteiger partial charge in [0.1, 0.15) is 4.21 Å². The smallest absolute Gasteiger partial charge is 0.305 e. The third-order valence-corrected chi connectivity index (χ3v) is 6.81. The summed E-state index contributed by atoms with van der Waals surface area (Å²) in [6.45, 7) is 0.280. The topological polar surface area (TPSA) is 63.7 Å². The van der Waals surface area contributed by atoms with E-state index < -0.39 is 10.0 Å². The van der Waals surface area contributed by atoms with Crippen LogP contribution >= 0.6 is 27.3 Å². The van der Waals surface area contributed by atoms with Gasteiger partial charge in [-0.2, -0.15) is 0 Å². The maximum Gasteiger partial charge on any atom is 0.305 e. The first-order chi connectivity index (χ1) is 8.39. The van der Waals surface area contributed by atoms with Crippen LogP contribution in [0.4, 0.5) is 0 Å². The van der Waals surface area contributed by atoms with Crippen LogP contribution in [0.1, 0.15) is 12.8 Å². The molecular formula is C10H14BrNO4S2. The predicted octanol–water partition coefficient (Wildman–Crippen LogP) is 2.08. The number of methoxy groups -OCH3 is 1. The van der Waals surface area contributed by atoms with Gasteiger partial charge < -0.3 is 4.74 Å². The van der Waals surface area contributed by atoms with E-state index in [1.54, 1.807) is 11.4 Å². The first kappa shape index (κ1) is 15.6. The van der Waals surface area contributed by atoms with Crippen molar-refractivity contribution in [1.82, 2.24) is 4.31 Å². The zero-order valence-corrected chi connectivity index (χ0v) is 13.3. The third-order valence-electron chi connectivity index (χ3n) is 2.31. The van der Waals surface area contributed by atoms with Crippen LogP contribution in [0.15, 0.2) is 20.1 Å². The van der Waals surface area contributed by atoms with Crippen LogP contribution in [0.5, 0.6) is 0 Å². The molecule has 0 N–H and O–H groups in total. The second-order valence-electron chi connectivity index (χ2n) is 3.56. The molecule has 18 heavy (non-hydrogen) atoms. The van der Waals surface area contributed by atoms with E-state index >= 15 is 0 Å². The molecule has 0 bridgehead atoms. The molecular weight excluding hydrogens is 342 g/mol. The number of ether oxygens (including phenoxy) is 1. The number of esters is 1. The normalized spacial score (nSPS) is 11.8. The summed E-state index contributed by atoms with van der Waals surface area (Å²) in [4.78, 5) is 10.9. The van der Waals surface area contributed by atoms with E-state index in [9.17, 15) is 13.2 Å². The quantitative estimate of drug-likeness (QED) is 0.732. The molecule has 0 aliphatic carbocycles. The van der Waals surface area contributed by atoms with Gasteiger partial charge in [0.25, 0.3) is 10.0 Å². The molecule has 0 unspecified atom stereocenters. The SMILES string of the molecule is COC(=O)CCCN(C)S(=O)(=O)c1sccc1Br. The Hall–Kier alpha value is -0.440. The minimum Gasteiger partial charge on any atom is -0.469 e. The number of hydrogen-bond acceptors (Lipinski definition) is 5. The molecule has 0 spiro atoms. The Bertz CT molecular complexity index is 512. The maximum absolute atomic E-state index is 12.1. The Kier molecular flexibility index (Phi) is 5.77. The third kappa shape index (κ3) is 3.78. The van der Waals surface area contributed by atoms with Crippen molar-refractivity contribution in [2.75, 3.05) is 20.7 Å². The standard InChI is InChI=1S/C10H14BrNO4S2/c1-12(6-3-4-9(13)16-2)18(14,15)10-8(11)5-7-17-10/h5,7H,3-4,6H2,1-2H3. The van der Waals surface area contributed by atoms with Gasteiger partial charge >= 0.3 is 5.97 Å². The molecule has 0 aliphatic rings. The summed E-state index contributed by atoms with van der Waals surface area (Å²) in [5.41, 5.74) is 0. The summed E-state index contributed by atoms with van der Waals surface area (Å²) in [6, 6.07) is 1.69. The lowest BCUT2D eigenvalue weighted by Gasteiger charge is -2.15. The number of nitrogens with zero attached hydrogens (tertiary/aromatic N) is 1. The second kappa shape index (κ2) is 6.65. The molecule has 0 fully saturated rings. The van der Waals surface area contributed by atoms with Crippen LogP contribution in [0.25, 0.3) is 0 Å². The fraction of sp³-hybridized carbons (Fsp3) is 0.500. The molecule has 0 saturated heterocycles. The molecule has 1 rings (SSSR count). The molecule has 5 nitrogen and oxygen atoms in total. The number of halogens is 1. The van der Waals surface area contributed by atoms with Gasteiger partial charge in [0.15, 0.2) is 0 Å². The molecule has 1 heterocycles. The van der Waals surface area contributed by atoms with Crippen molar-refractivity contribution >= 4 is 43.3 Å². The highest BCUT2D eigenvalue weighted by Gasteiger charge is 2.24. The van der Waals surface area contributed by atoms with Gasteiger partial charge in [-0.3, -0.25) is 4.79 Å². The molecule has 1 aromatic heterocycles. The Morgan fingerprint density at radius 3 is 2.72 bits per heavy atom. The predicted molar refractivity (Wildman–Crippen MR) is 73.1 cm³/mol. The fourth-order valence-corrected chi connectivity index (χ4v) is 4.99. The Balaban J connectivity index is 2.64. The van der Waals surface area contributed by atoms with Gasteiger partial charge in [0.05, 0.1) is 7.11 Å². The van der Waals surface area contributed by atoms with Crippen molar-refractivity contribution in [3.8, 4) is 0 Å². The van der Waals surface area contributed by atoms with E-state index in [0.29, 0.717) is 10.9 Å². The Labute approximate surface area is 119 Å².